The summed E-state index contributed by atoms with van der Waals surface area (Å²) >= 11 is 0. The van der Waals surface area contributed by atoms with Gasteiger partial charge < -0.3 is 0 Å². The summed E-state index contributed by atoms with van der Waals surface area (Å²) in [5, 5.41) is 11.1. The van der Waals surface area contributed by atoms with E-state index in [1.54, 1.807) is 26.3 Å². The fourth-order valence-electron chi connectivity index (χ4n) is 7.41. The normalized spacial score (nSPS) is 14.3. The SMILES string of the molecule is C[Si](C)(C)c1c([Si](C)(C)C)c([Si](C)(C)C)c2c(c1C1=CC=CC1)=Cc1cccc(=C(c3ccccc3)c3ccccc3)c1=2. The van der Waals surface area contributed by atoms with Gasteiger partial charge in [0, 0.05) is 0 Å². The lowest BCUT2D eigenvalue weighted by molar-refractivity contribution is 1.38. The first-order chi connectivity index (χ1) is 20.3. The molecule has 0 saturated carbocycles. The topological polar surface area (TPSA) is 0 Å². The third-order valence-corrected chi connectivity index (χ3v) is 15.4. The van der Waals surface area contributed by atoms with Crippen molar-refractivity contribution < 1.29 is 0 Å². The second kappa shape index (κ2) is 10.7. The van der Waals surface area contributed by atoms with Crippen LogP contribution in [0.5, 0.6) is 0 Å². The Balaban J connectivity index is 2.01. The molecule has 0 aromatic heterocycles. The summed E-state index contributed by atoms with van der Waals surface area (Å²) in [6, 6.07) is 29.1. The minimum absolute atomic E-state index is 1.03. The zero-order chi connectivity index (χ0) is 30.7. The molecule has 6 rings (SSSR count). The van der Waals surface area contributed by atoms with Crippen molar-refractivity contribution in [3.05, 3.63) is 140 Å². The Hall–Kier alpha value is -3.25. The highest BCUT2D eigenvalue weighted by atomic mass is 28.3. The molecule has 0 N–H and O–H groups in total. The van der Waals surface area contributed by atoms with Gasteiger partial charge in [0.15, 0.2) is 0 Å². The fourth-order valence-corrected chi connectivity index (χ4v) is 17.6. The number of rotatable bonds is 6. The highest BCUT2D eigenvalue weighted by molar-refractivity contribution is 7.04. The molecule has 3 heteroatoms. The van der Waals surface area contributed by atoms with Crippen molar-refractivity contribution in [2.45, 2.75) is 65.3 Å². The molecule has 0 nitrogen and oxygen atoms in total. The molecule has 0 fully saturated rings. The van der Waals surface area contributed by atoms with E-state index in [0.29, 0.717) is 0 Å². The van der Waals surface area contributed by atoms with Crippen LogP contribution in [0.2, 0.25) is 58.9 Å². The molecular weight excluding hydrogens is 565 g/mol. The van der Waals surface area contributed by atoms with Gasteiger partial charge in [-0.2, -0.15) is 0 Å². The Morgan fingerprint density at radius 3 is 1.60 bits per heavy atom. The zero-order valence-electron chi connectivity index (χ0n) is 27.5. The summed E-state index contributed by atoms with van der Waals surface area (Å²) in [6.45, 7) is 23.3. The molecule has 218 valence electrons. The molecule has 4 aromatic rings. The van der Waals surface area contributed by atoms with Crippen molar-refractivity contribution in [1.29, 1.82) is 0 Å². The summed E-state index contributed by atoms with van der Waals surface area (Å²) in [5.41, 5.74) is 8.33. The van der Waals surface area contributed by atoms with Crippen LogP contribution in [0.1, 0.15) is 28.7 Å². The van der Waals surface area contributed by atoms with Crippen molar-refractivity contribution in [1.82, 2.24) is 0 Å². The van der Waals surface area contributed by atoms with Gasteiger partial charge in [0.05, 0.1) is 24.2 Å². The first-order valence-electron chi connectivity index (χ1n) is 15.9. The van der Waals surface area contributed by atoms with E-state index in [-0.39, 0.29) is 0 Å². The zero-order valence-corrected chi connectivity index (χ0v) is 30.5. The van der Waals surface area contributed by atoms with Gasteiger partial charge in [-0.1, -0.05) is 172 Å². The summed E-state index contributed by atoms with van der Waals surface area (Å²) in [5.74, 6) is 0. The highest BCUT2D eigenvalue weighted by Gasteiger charge is 2.38. The standard InChI is InChI=1S/C40H46Si3/c1-41(2,3)38-36(30-23-16-17-24-30)33-27-31-25-18-26-32(34(28-19-12-10-13-20-28)29-21-14-11-15-22-29)35(31)37(33)39(42(4,5)6)40(38)43(7,8)9/h10-23,25-27H,24H2,1-9H3. The Bertz CT molecular complexity index is 1970. The third kappa shape index (κ3) is 5.26. The van der Waals surface area contributed by atoms with E-state index in [2.05, 4.69) is 162 Å². The van der Waals surface area contributed by atoms with Crippen molar-refractivity contribution in [3.8, 4) is 0 Å². The molecule has 0 saturated heterocycles. The maximum atomic E-state index is 2.60. The Kier molecular flexibility index (Phi) is 7.44. The monoisotopic (exact) mass is 610 g/mol. The van der Waals surface area contributed by atoms with Crippen LogP contribution in [0.3, 0.4) is 0 Å². The molecule has 0 aliphatic heterocycles. The predicted molar refractivity (Wildman–Crippen MR) is 199 cm³/mol. The molecule has 0 atom stereocenters. The molecule has 2 aliphatic carbocycles. The van der Waals surface area contributed by atoms with E-state index in [1.807, 2.05) is 0 Å². The van der Waals surface area contributed by atoms with E-state index in [0.717, 1.165) is 6.42 Å². The smallest absolute Gasteiger partial charge is 0.0782 e. The molecule has 4 aromatic carbocycles. The average Bonchev–Trinajstić information content (AvgIpc) is 3.60. The summed E-state index contributed by atoms with van der Waals surface area (Å²) in [6.07, 6.45) is 10.6. The number of hydrogen-bond donors (Lipinski definition) is 0. The molecule has 0 unspecified atom stereocenters. The van der Waals surface area contributed by atoms with Crippen LogP contribution in [0.25, 0.3) is 17.2 Å². The van der Waals surface area contributed by atoms with Crippen LogP contribution >= 0.6 is 0 Å². The molecule has 0 bridgehead atoms. The van der Waals surface area contributed by atoms with Crippen LogP contribution in [-0.2, 0) is 0 Å². The third-order valence-electron chi connectivity index (χ3n) is 8.92. The van der Waals surface area contributed by atoms with E-state index in [1.165, 1.54) is 43.5 Å². The van der Waals surface area contributed by atoms with Crippen molar-refractivity contribution in [3.63, 3.8) is 0 Å². The van der Waals surface area contributed by atoms with Crippen molar-refractivity contribution in [2.24, 2.45) is 0 Å². The molecule has 0 radical (unpaired) electrons. The van der Waals surface area contributed by atoms with Crippen LogP contribution in [0.4, 0.5) is 0 Å². The van der Waals surface area contributed by atoms with Crippen LogP contribution < -0.4 is 26.0 Å². The lowest BCUT2D eigenvalue weighted by atomic mass is 9.94. The van der Waals surface area contributed by atoms with E-state index < -0.39 is 24.2 Å². The number of hydrogen-bond acceptors (Lipinski definition) is 0. The van der Waals surface area contributed by atoms with Gasteiger partial charge in [-0.25, -0.2) is 0 Å². The van der Waals surface area contributed by atoms with Crippen LogP contribution in [0, 0.1) is 10.4 Å². The maximum Gasteiger partial charge on any atom is 0.0782 e. The largest absolute Gasteiger partial charge is 0.0801 e. The van der Waals surface area contributed by atoms with Gasteiger partial charge in [-0.3, -0.25) is 0 Å². The van der Waals surface area contributed by atoms with Crippen LogP contribution in [0.15, 0.2) is 97.1 Å². The Labute approximate surface area is 261 Å². The number of allylic oxidation sites excluding steroid dienone is 4. The van der Waals surface area contributed by atoms with Crippen molar-refractivity contribution in [2.75, 3.05) is 0 Å². The lowest BCUT2D eigenvalue weighted by Gasteiger charge is -2.37. The molecular formula is C40H46Si3. The summed E-state index contributed by atoms with van der Waals surface area (Å²) in [4.78, 5) is 0. The van der Waals surface area contributed by atoms with Gasteiger partial charge in [-0.05, 0) is 66.8 Å². The Morgan fingerprint density at radius 1 is 0.558 bits per heavy atom. The second-order valence-electron chi connectivity index (χ2n) is 15.4. The molecule has 0 heterocycles. The molecule has 0 spiro atoms. The second-order valence-corrected chi connectivity index (χ2v) is 30.4. The first kappa shape index (κ1) is 29.8. The first-order valence-corrected chi connectivity index (χ1v) is 26.4. The fraction of sp³-hybridized carbons (Fsp3) is 0.250. The molecule has 2 aliphatic rings. The quantitative estimate of drug-likeness (QED) is 0.177. The van der Waals surface area contributed by atoms with Gasteiger partial charge in [0.1, 0.15) is 0 Å². The van der Waals surface area contributed by atoms with Gasteiger partial charge >= 0.3 is 0 Å². The van der Waals surface area contributed by atoms with E-state index in [4.69, 9.17) is 0 Å². The summed E-state index contributed by atoms with van der Waals surface area (Å²) < 4.78 is 0. The van der Waals surface area contributed by atoms with E-state index >= 15 is 0 Å². The number of fused-ring (bicyclic) bond motifs is 2. The molecule has 43 heavy (non-hydrogen) atoms. The highest BCUT2D eigenvalue weighted by Crippen LogP contribution is 2.26. The summed E-state index contributed by atoms with van der Waals surface area (Å²) in [7, 11) is -5.30. The van der Waals surface area contributed by atoms with Gasteiger partial charge in [0.25, 0.3) is 0 Å². The maximum absolute atomic E-state index is 2.60. The minimum Gasteiger partial charge on any atom is -0.0801 e. The lowest BCUT2D eigenvalue weighted by Crippen LogP contribution is -2.69. The van der Waals surface area contributed by atoms with Gasteiger partial charge in [0.2, 0.25) is 0 Å². The van der Waals surface area contributed by atoms with Crippen LogP contribution in [-0.4, -0.2) is 24.2 Å². The molecule has 0 amide bonds. The Morgan fingerprint density at radius 2 is 1.12 bits per heavy atom. The van der Waals surface area contributed by atoms with E-state index in [9.17, 15) is 0 Å². The average molecular weight is 611 g/mol. The minimum atomic E-state index is -1.81. The van der Waals surface area contributed by atoms with Crippen molar-refractivity contribution >= 4 is 57.0 Å². The number of benzene rings is 4. The van der Waals surface area contributed by atoms with Gasteiger partial charge in [-0.15, -0.1) is 0 Å². The predicted octanol–water partition coefficient (Wildman–Crippen LogP) is 7.34.